The summed E-state index contributed by atoms with van der Waals surface area (Å²) in [6.07, 6.45) is 4.43. The van der Waals surface area contributed by atoms with Gasteiger partial charge in [-0.25, -0.2) is 4.79 Å². The maximum Gasteiger partial charge on any atom is 0.328 e. The predicted molar refractivity (Wildman–Crippen MR) is 103 cm³/mol. The number of carbonyl (C=O) groups is 1. The molecule has 2 N–H and O–H groups in total. The third-order valence-corrected chi connectivity index (χ3v) is 5.10. The van der Waals surface area contributed by atoms with Crippen molar-refractivity contribution in [3.63, 3.8) is 0 Å². The molecule has 0 atom stereocenters. The molecule has 1 aromatic carbocycles. The lowest BCUT2D eigenvalue weighted by molar-refractivity contribution is -0.121. The van der Waals surface area contributed by atoms with Crippen LogP contribution in [-0.2, 0) is 30.8 Å². The zero-order valence-corrected chi connectivity index (χ0v) is 15.5. The number of carbonyl (C=O) groups excluding carboxylic acids is 1. The van der Waals surface area contributed by atoms with Crippen LogP contribution in [0.2, 0.25) is 0 Å². The SMILES string of the molecule is O=C(CCn1c(=O)[nH]c(=O)c2ccccc21)NCc1nnc2n1CCCCC2. The number of rotatable bonds is 5. The minimum atomic E-state index is -0.515. The lowest BCUT2D eigenvalue weighted by Gasteiger charge is -2.10. The average molecular weight is 382 g/mol. The molecule has 0 bridgehead atoms. The summed E-state index contributed by atoms with van der Waals surface area (Å²) in [7, 11) is 0. The zero-order chi connectivity index (χ0) is 19.5. The van der Waals surface area contributed by atoms with E-state index < -0.39 is 11.2 Å². The van der Waals surface area contributed by atoms with E-state index in [1.165, 1.54) is 11.0 Å². The van der Waals surface area contributed by atoms with Gasteiger partial charge in [-0.2, -0.15) is 0 Å². The smallest absolute Gasteiger partial charge is 0.328 e. The van der Waals surface area contributed by atoms with Gasteiger partial charge in [-0.15, -0.1) is 10.2 Å². The number of benzene rings is 1. The summed E-state index contributed by atoms with van der Waals surface area (Å²) in [6.45, 7) is 1.37. The van der Waals surface area contributed by atoms with Crippen molar-refractivity contribution in [1.29, 1.82) is 0 Å². The number of nitrogens with zero attached hydrogens (tertiary/aromatic N) is 4. The molecule has 9 heteroatoms. The molecule has 28 heavy (non-hydrogen) atoms. The highest BCUT2D eigenvalue weighted by Crippen LogP contribution is 2.14. The Hall–Kier alpha value is -3.23. The Bertz CT molecular complexity index is 1130. The Kier molecular flexibility index (Phi) is 5.05. The highest BCUT2D eigenvalue weighted by atomic mass is 16.2. The van der Waals surface area contributed by atoms with E-state index in [-0.39, 0.29) is 18.9 Å². The first kappa shape index (κ1) is 18.1. The van der Waals surface area contributed by atoms with Crippen LogP contribution < -0.4 is 16.6 Å². The number of nitrogens with one attached hydrogen (secondary N) is 2. The van der Waals surface area contributed by atoms with Crippen molar-refractivity contribution < 1.29 is 4.79 Å². The molecule has 4 rings (SSSR count). The van der Waals surface area contributed by atoms with E-state index >= 15 is 0 Å². The largest absolute Gasteiger partial charge is 0.349 e. The fraction of sp³-hybridized carbons (Fsp3) is 0.421. The molecular weight excluding hydrogens is 360 g/mol. The molecule has 0 aliphatic carbocycles. The van der Waals surface area contributed by atoms with Gasteiger partial charge in [0.25, 0.3) is 5.56 Å². The molecule has 0 unspecified atom stereocenters. The van der Waals surface area contributed by atoms with Gasteiger partial charge in [-0.3, -0.25) is 19.1 Å². The molecule has 1 aliphatic heterocycles. The quantitative estimate of drug-likeness (QED) is 0.675. The Balaban J connectivity index is 1.42. The van der Waals surface area contributed by atoms with Gasteiger partial charge in [0.15, 0.2) is 5.82 Å². The lowest BCUT2D eigenvalue weighted by atomic mass is 10.2. The third-order valence-electron chi connectivity index (χ3n) is 5.10. The summed E-state index contributed by atoms with van der Waals surface area (Å²) in [6, 6.07) is 6.85. The predicted octanol–water partition coefficient (Wildman–Crippen LogP) is 0.714. The van der Waals surface area contributed by atoms with Gasteiger partial charge in [0.2, 0.25) is 5.91 Å². The van der Waals surface area contributed by atoms with Crippen LogP contribution in [0.25, 0.3) is 10.9 Å². The number of hydrogen-bond acceptors (Lipinski definition) is 5. The van der Waals surface area contributed by atoms with E-state index in [1.807, 2.05) is 0 Å². The van der Waals surface area contributed by atoms with Crippen molar-refractivity contribution in [3.05, 3.63) is 56.8 Å². The molecule has 1 aliphatic rings. The van der Waals surface area contributed by atoms with E-state index in [1.54, 1.807) is 24.3 Å². The Morgan fingerprint density at radius 2 is 2.00 bits per heavy atom. The third kappa shape index (κ3) is 3.60. The standard InChI is InChI=1S/C19H22N6O3/c26-17(20-12-16-23-22-15-8-2-1-5-10-25(15)16)9-11-24-14-7-4-3-6-13(14)18(27)21-19(24)28/h3-4,6-7H,1-2,5,8-12H2,(H,20,26)(H,21,27,28). The first-order valence-corrected chi connectivity index (χ1v) is 9.53. The van der Waals surface area contributed by atoms with Crippen molar-refractivity contribution in [2.24, 2.45) is 0 Å². The molecule has 0 spiro atoms. The van der Waals surface area contributed by atoms with Crippen molar-refractivity contribution in [2.75, 3.05) is 0 Å². The summed E-state index contributed by atoms with van der Waals surface area (Å²) in [5.74, 6) is 1.55. The van der Waals surface area contributed by atoms with Gasteiger partial charge in [-0.1, -0.05) is 18.6 Å². The minimum absolute atomic E-state index is 0.122. The molecule has 0 fully saturated rings. The van der Waals surface area contributed by atoms with E-state index in [4.69, 9.17) is 0 Å². The van der Waals surface area contributed by atoms with Crippen molar-refractivity contribution in [2.45, 2.75) is 51.7 Å². The first-order valence-electron chi connectivity index (χ1n) is 9.53. The van der Waals surface area contributed by atoms with Crippen LogP contribution in [-0.4, -0.2) is 30.2 Å². The van der Waals surface area contributed by atoms with Crippen LogP contribution in [0.4, 0.5) is 0 Å². The fourth-order valence-electron chi connectivity index (χ4n) is 3.62. The van der Waals surface area contributed by atoms with Crippen molar-refractivity contribution in [1.82, 2.24) is 29.6 Å². The van der Waals surface area contributed by atoms with Crippen molar-refractivity contribution in [3.8, 4) is 0 Å². The van der Waals surface area contributed by atoms with Crippen LogP contribution in [0.1, 0.15) is 37.3 Å². The van der Waals surface area contributed by atoms with Gasteiger partial charge in [0.1, 0.15) is 5.82 Å². The molecule has 0 saturated carbocycles. The summed E-state index contributed by atoms with van der Waals surface area (Å²) in [5.41, 5.74) is -0.417. The summed E-state index contributed by atoms with van der Waals surface area (Å²) >= 11 is 0. The topological polar surface area (TPSA) is 115 Å². The molecular formula is C19H22N6O3. The van der Waals surface area contributed by atoms with Gasteiger partial charge in [0, 0.05) is 25.9 Å². The number of fused-ring (bicyclic) bond motifs is 2. The summed E-state index contributed by atoms with van der Waals surface area (Å²) in [5, 5.41) is 11.7. The summed E-state index contributed by atoms with van der Waals surface area (Å²) in [4.78, 5) is 38.7. The fourth-order valence-corrected chi connectivity index (χ4v) is 3.62. The number of aromatic amines is 1. The highest BCUT2D eigenvalue weighted by molar-refractivity contribution is 5.78. The second kappa shape index (κ2) is 7.79. The van der Waals surface area contributed by atoms with Crippen LogP contribution >= 0.6 is 0 Å². The molecule has 0 saturated heterocycles. The monoisotopic (exact) mass is 382 g/mol. The Labute approximate surface area is 160 Å². The average Bonchev–Trinajstić information content (AvgIpc) is 2.92. The first-order chi connectivity index (χ1) is 13.6. The number of amides is 1. The molecule has 146 valence electrons. The number of hydrogen-bond donors (Lipinski definition) is 2. The number of H-pyrrole nitrogens is 1. The number of aryl methyl sites for hydroxylation is 2. The van der Waals surface area contributed by atoms with E-state index in [0.717, 1.165) is 37.5 Å². The van der Waals surface area contributed by atoms with Crippen LogP contribution in [0.3, 0.4) is 0 Å². The molecule has 0 radical (unpaired) electrons. The number of aromatic nitrogens is 5. The van der Waals surface area contributed by atoms with Crippen LogP contribution in [0, 0.1) is 0 Å². The Morgan fingerprint density at radius 3 is 2.89 bits per heavy atom. The second-order valence-electron chi connectivity index (χ2n) is 6.95. The number of para-hydroxylation sites is 1. The zero-order valence-electron chi connectivity index (χ0n) is 15.5. The maximum atomic E-state index is 12.3. The van der Waals surface area contributed by atoms with Crippen LogP contribution in [0.5, 0.6) is 0 Å². The van der Waals surface area contributed by atoms with Gasteiger partial charge in [0.05, 0.1) is 17.4 Å². The van der Waals surface area contributed by atoms with Crippen molar-refractivity contribution >= 4 is 16.8 Å². The molecule has 3 heterocycles. The highest BCUT2D eigenvalue weighted by Gasteiger charge is 2.15. The Morgan fingerprint density at radius 1 is 1.14 bits per heavy atom. The van der Waals surface area contributed by atoms with Gasteiger partial charge < -0.3 is 9.88 Å². The molecule has 2 aromatic heterocycles. The molecule has 9 nitrogen and oxygen atoms in total. The lowest BCUT2D eigenvalue weighted by Crippen LogP contribution is -2.32. The van der Waals surface area contributed by atoms with E-state index in [0.29, 0.717) is 17.4 Å². The molecule has 1 amide bonds. The summed E-state index contributed by atoms with van der Waals surface area (Å²) < 4.78 is 3.51. The van der Waals surface area contributed by atoms with Crippen LogP contribution in [0.15, 0.2) is 33.9 Å². The van der Waals surface area contributed by atoms with Gasteiger partial charge in [-0.05, 0) is 25.0 Å². The van der Waals surface area contributed by atoms with Gasteiger partial charge >= 0.3 is 5.69 Å². The molecule has 3 aromatic rings. The maximum absolute atomic E-state index is 12.3. The normalized spacial score (nSPS) is 13.9. The van der Waals surface area contributed by atoms with E-state index in [9.17, 15) is 14.4 Å². The second-order valence-corrected chi connectivity index (χ2v) is 6.95. The minimum Gasteiger partial charge on any atom is -0.349 e. The van der Waals surface area contributed by atoms with E-state index in [2.05, 4.69) is 25.1 Å².